The van der Waals surface area contributed by atoms with Gasteiger partial charge in [-0.3, -0.25) is 4.79 Å². The molecule has 0 radical (unpaired) electrons. The molecule has 1 saturated heterocycles. The lowest BCUT2D eigenvalue weighted by Gasteiger charge is -2.32. The molecule has 0 aliphatic carbocycles. The second-order valence-corrected chi connectivity index (χ2v) is 8.69. The predicted octanol–water partition coefficient (Wildman–Crippen LogP) is 4.97. The van der Waals surface area contributed by atoms with Gasteiger partial charge in [0.05, 0.1) is 15.2 Å². The smallest absolute Gasteiger partial charge is 0.242 e. The van der Waals surface area contributed by atoms with Crippen molar-refractivity contribution in [3.63, 3.8) is 0 Å². The Morgan fingerprint density at radius 1 is 1.18 bits per heavy atom. The summed E-state index contributed by atoms with van der Waals surface area (Å²) < 4.78 is 3.37. The standard InChI is InChI=1S/C23H23N3OS/c1-16-13-17-7-2-4-10-20(17)26(16)15-22(27)25-12-6-8-18(14-25)23-24-19-9-3-5-11-21(19)28-23/h2-5,7,9-11,13,18H,6,8,12,14-15H2,1H3/t18-/m0/s1. The average Bonchev–Trinajstić information content (AvgIpc) is 3.29. The number of likely N-dealkylation sites (tertiary alicyclic amines) is 1. The van der Waals surface area contributed by atoms with Crippen LogP contribution in [0.3, 0.4) is 0 Å². The molecule has 1 aliphatic rings. The number of carbonyl (C=O) groups excluding carboxylic acids is 1. The van der Waals surface area contributed by atoms with Crippen LogP contribution in [-0.2, 0) is 11.3 Å². The first-order valence-electron chi connectivity index (χ1n) is 9.87. The first-order chi connectivity index (χ1) is 13.7. The maximum atomic E-state index is 13.1. The fraction of sp³-hybridized carbons (Fsp3) is 0.304. The van der Waals surface area contributed by atoms with Gasteiger partial charge < -0.3 is 9.47 Å². The highest BCUT2D eigenvalue weighted by Gasteiger charge is 2.27. The quantitative estimate of drug-likeness (QED) is 0.496. The number of nitrogens with zero attached hydrogens (tertiary/aromatic N) is 3. The van der Waals surface area contributed by atoms with E-state index in [1.807, 2.05) is 23.1 Å². The van der Waals surface area contributed by atoms with Crippen LogP contribution >= 0.6 is 11.3 Å². The zero-order valence-electron chi connectivity index (χ0n) is 16.0. The fourth-order valence-electron chi connectivity index (χ4n) is 4.26. The minimum absolute atomic E-state index is 0.204. The minimum atomic E-state index is 0.204. The van der Waals surface area contributed by atoms with E-state index in [4.69, 9.17) is 4.98 Å². The molecule has 4 nitrogen and oxygen atoms in total. The van der Waals surface area contributed by atoms with Crippen molar-refractivity contribution >= 4 is 38.4 Å². The lowest BCUT2D eigenvalue weighted by atomic mass is 9.98. The number of rotatable bonds is 3. The van der Waals surface area contributed by atoms with E-state index in [2.05, 4.69) is 47.9 Å². The zero-order chi connectivity index (χ0) is 19.1. The van der Waals surface area contributed by atoms with Gasteiger partial charge in [-0.25, -0.2) is 4.98 Å². The number of para-hydroxylation sites is 2. The van der Waals surface area contributed by atoms with E-state index in [1.165, 1.54) is 15.1 Å². The van der Waals surface area contributed by atoms with Crippen LogP contribution in [0, 0.1) is 6.92 Å². The maximum Gasteiger partial charge on any atom is 0.242 e. The number of piperidine rings is 1. The molecule has 142 valence electrons. The summed E-state index contributed by atoms with van der Waals surface area (Å²) in [4.78, 5) is 20.0. The van der Waals surface area contributed by atoms with E-state index < -0.39 is 0 Å². The van der Waals surface area contributed by atoms with E-state index >= 15 is 0 Å². The van der Waals surface area contributed by atoms with Gasteiger partial charge in [-0.15, -0.1) is 11.3 Å². The molecule has 2 aromatic carbocycles. The van der Waals surface area contributed by atoms with E-state index in [0.29, 0.717) is 12.5 Å². The average molecular weight is 390 g/mol. The van der Waals surface area contributed by atoms with Gasteiger partial charge in [-0.1, -0.05) is 30.3 Å². The van der Waals surface area contributed by atoms with E-state index in [0.717, 1.165) is 42.7 Å². The second kappa shape index (κ2) is 7.06. The van der Waals surface area contributed by atoms with Gasteiger partial charge in [-0.2, -0.15) is 0 Å². The number of carbonyl (C=O) groups is 1. The molecule has 1 atom stereocenters. The number of amides is 1. The summed E-state index contributed by atoms with van der Waals surface area (Å²) in [6.07, 6.45) is 2.15. The molecule has 5 heteroatoms. The normalized spacial score (nSPS) is 17.5. The molecule has 1 fully saturated rings. The van der Waals surface area contributed by atoms with Gasteiger partial charge >= 0.3 is 0 Å². The summed E-state index contributed by atoms with van der Waals surface area (Å²) in [6, 6.07) is 18.7. The molecular weight excluding hydrogens is 366 g/mol. The van der Waals surface area contributed by atoms with E-state index in [1.54, 1.807) is 11.3 Å². The van der Waals surface area contributed by atoms with Crippen LogP contribution < -0.4 is 0 Å². The van der Waals surface area contributed by atoms with Gasteiger partial charge in [0, 0.05) is 30.2 Å². The summed E-state index contributed by atoms with van der Waals surface area (Å²) in [5.41, 5.74) is 3.34. The maximum absolute atomic E-state index is 13.1. The molecular formula is C23H23N3OS. The van der Waals surface area contributed by atoms with Crippen molar-refractivity contribution in [3.8, 4) is 0 Å². The van der Waals surface area contributed by atoms with Crippen molar-refractivity contribution in [2.75, 3.05) is 13.1 Å². The minimum Gasteiger partial charge on any atom is -0.340 e. The number of aromatic nitrogens is 2. The summed E-state index contributed by atoms with van der Waals surface area (Å²) >= 11 is 1.77. The Morgan fingerprint density at radius 2 is 2.00 bits per heavy atom. The number of thiazole rings is 1. The Morgan fingerprint density at radius 3 is 2.89 bits per heavy atom. The van der Waals surface area contributed by atoms with Crippen LogP contribution in [0.1, 0.15) is 29.5 Å². The van der Waals surface area contributed by atoms with E-state index in [9.17, 15) is 4.79 Å². The molecule has 0 saturated carbocycles. The third-order valence-electron chi connectivity index (χ3n) is 5.74. The third-order valence-corrected chi connectivity index (χ3v) is 6.94. The van der Waals surface area contributed by atoms with Crippen LogP contribution in [0.25, 0.3) is 21.1 Å². The highest BCUT2D eigenvalue weighted by molar-refractivity contribution is 7.18. The molecule has 1 aliphatic heterocycles. The van der Waals surface area contributed by atoms with Crippen LogP contribution in [0.15, 0.2) is 54.6 Å². The Balaban J connectivity index is 1.35. The molecule has 0 spiro atoms. The van der Waals surface area contributed by atoms with Gasteiger partial charge in [0.1, 0.15) is 6.54 Å². The molecule has 0 unspecified atom stereocenters. The number of fused-ring (bicyclic) bond motifs is 2. The SMILES string of the molecule is Cc1cc2ccccc2n1CC(=O)N1CCC[C@H](c2nc3ccccc3s2)C1. The highest BCUT2D eigenvalue weighted by atomic mass is 32.1. The third kappa shape index (κ3) is 3.10. The molecule has 1 amide bonds. The van der Waals surface area contributed by atoms with Crippen LogP contribution in [-0.4, -0.2) is 33.4 Å². The summed E-state index contributed by atoms with van der Waals surface area (Å²) in [6.45, 7) is 4.11. The molecule has 5 rings (SSSR count). The Kier molecular flexibility index (Phi) is 4.40. The van der Waals surface area contributed by atoms with E-state index in [-0.39, 0.29) is 5.91 Å². The van der Waals surface area contributed by atoms with Crippen LogP contribution in [0.5, 0.6) is 0 Å². The van der Waals surface area contributed by atoms with Crippen LogP contribution in [0.4, 0.5) is 0 Å². The van der Waals surface area contributed by atoms with Crippen molar-refractivity contribution in [1.29, 1.82) is 0 Å². The first-order valence-corrected chi connectivity index (χ1v) is 10.7. The fourth-order valence-corrected chi connectivity index (χ4v) is 5.36. The monoisotopic (exact) mass is 389 g/mol. The second-order valence-electron chi connectivity index (χ2n) is 7.63. The molecule has 0 N–H and O–H groups in total. The van der Waals surface area contributed by atoms with Crippen molar-refractivity contribution < 1.29 is 4.79 Å². The topological polar surface area (TPSA) is 38.1 Å². The number of benzene rings is 2. The first kappa shape index (κ1) is 17.4. The van der Waals surface area contributed by atoms with Crippen LogP contribution in [0.2, 0.25) is 0 Å². The van der Waals surface area contributed by atoms with Crippen molar-refractivity contribution in [2.24, 2.45) is 0 Å². The molecule has 4 aromatic rings. The molecule has 3 heterocycles. The lowest BCUT2D eigenvalue weighted by molar-refractivity contribution is -0.133. The molecule has 28 heavy (non-hydrogen) atoms. The lowest BCUT2D eigenvalue weighted by Crippen LogP contribution is -2.40. The molecule has 0 bridgehead atoms. The molecule has 2 aromatic heterocycles. The van der Waals surface area contributed by atoms with Crippen molar-refractivity contribution in [2.45, 2.75) is 32.2 Å². The van der Waals surface area contributed by atoms with Gasteiger partial charge in [0.25, 0.3) is 0 Å². The Bertz CT molecular complexity index is 1130. The summed E-state index contributed by atoms with van der Waals surface area (Å²) in [7, 11) is 0. The van der Waals surface area contributed by atoms with Gasteiger partial charge in [-0.05, 0) is 49.4 Å². The number of hydrogen-bond donors (Lipinski definition) is 0. The largest absolute Gasteiger partial charge is 0.340 e. The summed E-state index contributed by atoms with van der Waals surface area (Å²) in [5.74, 6) is 0.549. The predicted molar refractivity (Wildman–Crippen MR) is 115 cm³/mol. The Hall–Kier alpha value is -2.66. The Labute approximate surface area is 168 Å². The zero-order valence-corrected chi connectivity index (χ0v) is 16.8. The number of hydrogen-bond acceptors (Lipinski definition) is 3. The number of aryl methyl sites for hydroxylation is 1. The highest BCUT2D eigenvalue weighted by Crippen LogP contribution is 2.33. The van der Waals surface area contributed by atoms with Crippen molar-refractivity contribution in [1.82, 2.24) is 14.5 Å². The van der Waals surface area contributed by atoms with Gasteiger partial charge in [0.2, 0.25) is 5.91 Å². The van der Waals surface area contributed by atoms with Gasteiger partial charge in [0.15, 0.2) is 0 Å². The summed E-state index contributed by atoms with van der Waals surface area (Å²) in [5, 5.41) is 2.36. The van der Waals surface area contributed by atoms with Crippen molar-refractivity contribution in [3.05, 3.63) is 65.3 Å².